The Morgan fingerprint density at radius 3 is 3.17 bits per heavy atom. The van der Waals surface area contributed by atoms with E-state index in [1.165, 1.54) is 5.56 Å². The molecule has 120 valence electrons. The molecule has 0 spiro atoms. The number of hydrogen-bond acceptors (Lipinski definition) is 4. The van der Waals surface area contributed by atoms with Crippen LogP contribution in [0.4, 0.5) is 5.69 Å². The first-order valence-corrected chi connectivity index (χ1v) is 8.22. The van der Waals surface area contributed by atoms with Gasteiger partial charge in [-0.15, -0.1) is 0 Å². The van der Waals surface area contributed by atoms with Gasteiger partial charge in [0.25, 0.3) is 0 Å². The van der Waals surface area contributed by atoms with Crippen LogP contribution in [0, 0.1) is 0 Å². The van der Waals surface area contributed by atoms with Gasteiger partial charge in [-0.3, -0.25) is 4.79 Å². The Morgan fingerprint density at radius 2 is 2.26 bits per heavy atom. The van der Waals surface area contributed by atoms with Gasteiger partial charge < -0.3 is 10.2 Å². The van der Waals surface area contributed by atoms with Crippen molar-refractivity contribution in [2.45, 2.75) is 44.8 Å². The molecule has 1 N–H and O–H groups in total. The van der Waals surface area contributed by atoms with Gasteiger partial charge in [-0.2, -0.15) is 5.10 Å². The fourth-order valence-corrected chi connectivity index (χ4v) is 3.67. The second-order valence-corrected chi connectivity index (χ2v) is 6.42. The second kappa shape index (κ2) is 5.77. The quantitative estimate of drug-likeness (QED) is 0.924. The summed E-state index contributed by atoms with van der Waals surface area (Å²) in [5.41, 5.74) is 2.33. The number of nitrogens with zero attached hydrogens (tertiary/aromatic N) is 4. The zero-order valence-corrected chi connectivity index (χ0v) is 13.3. The standard InChI is InChI=1S/C17H21N5O/c1-12-8-13-4-2-3-5-15(13)22(12)17(23)9-18-14-6-7-16-19-11-20-21(16)10-14/h2-5,11-12,14,18H,6-10H2,1H3/t12-,14-/m1/s1. The van der Waals surface area contributed by atoms with Gasteiger partial charge in [-0.1, -0.05) is 18.2 Å². The summed E-state index contributed by atoms with van der Waals surface area (Å²) in [7, 11) is 0. The third-order valence-electron chi connectivity index (χ3n) is 4.82. The van der Waals surface area contributed by atoms with Crippen molar-refractivity contribution in [3.05, 3.63) is 42.0 Å². The van der Waals surface area contributed by atoms with E-state index < -0.39 is 0 Å². The van der Waals surface area contributed by atoms with Gasteiger partial charge in [-0.05, 0) is 31.4 Å². The number of aryl methyl sites for hydroxylation is 1. The largest absolute Gasteiger partial charge is 0.308 e. The van der Waals surface area contributed by atoms with Gasteiger partial charge in [0.1, 0.15) is 12.2 Å². The lowest BCUT2D eigenvalue weighted by Crippen LogP contribution is -2.46. The number of carbonyl (C=O) groups excluding carboxylic acids is 1. The first-order chi connectivity index (χ1) is 11.2. The number of carbonyl (C=O) groups is 1. The molecule has 0 fully saturated rings. The highest BCUT2D eigenvalue weighted by molar-refractivity contribution is 5.97. The van der Waals surface area contributed by atoms with Crippen molar-refractivity contribution in [1.29, 1.82) is 0 Å². The Labute approximate surface area is 135 Å². The summed E-state index contributed by atoms with van der Waals surface area (Å²) in [6.07, 6.45) is 4.45. The first-order valence-electron chi connectivity index (χ1n) is 8.22. The van der Waals surface area contributed by atoms with Crippen LogP contribution in [0.5, 0.6) is 0 Å². The minimum Gasteiger partial charge on any atom is -0.308 e. The number of amides is 1. The maximum atomic E-state index is 12.7. The molecule has 1 amide bonds. The number of benzene rings is 1. The zero-order valence-electron chi connectivity index (χ0n) is 13.3. The lowest BCUT2D eigenvalue weighted by molar-refractivity contribution is -0.118. The van der Waals surface area contributed by atoms with E-state index in [0.717, 1.165) is 37.3 Å². The molecule has 2 aromatic rings. The zero-order chi connectivity index (χ0) is 15.8. The molecule has 1 aromatic heterocycles. The molecule has 2 atom stereocenters. The molecule has 23 heavy (non-hydrogen) atoms. The van der Waals surface area contributed by atoms with E-state index in [1.54, 1.807) is 6.33 Å². The molecule has 0 radical (unpaired) electrons. The van der Waals surface area contributed by atoms with Crippen LogP contribution in [0.2, 0.25) is 0 Å². The van der Waals surface area contributed by atoms with Crippen LogP contribution in [-0.2, 0) is 24.2 Å². The van der Waals surface area contributed by atoms with Gasteiger partial charge >= 0.3 is 0 Å². The van der Waals surface area contributed by atoms with E-state index in [1.807, 2.05) is 27.8 Å². The minimum atomic E-state index is 0.145. The number of hydrogen-bond donors (Lipinski definition) is 1. The van der Waals surface area contributed by atoms with Crippen molar-refractivity contribution in [2.24, 2.45) is 0 Å². The van der Waals surface area contributed by atoms with Crippen LogP contribution in [0.3, 0.4) is 0 Å². The van der Waals surface area contributed by atoms with Gasteiger partial charge in [0.05, 0.1) is 13.1 Å². The van der Waals surface area contributed by atoms with Gasteiger partial charge in [-0.25, -0.2) is 9.67 Å². The van der Waals surface area contributed by atoms with Crippen molar-refractivity contribution in [2.75, 3.05) is 11.4 Å². The normalized spacial score (nSPS) is 22.7. The number of fused-ring (bicyclic) bond motifs is 2. The monoisotopic (exact) mass is 311 g/mol. The second-order valence-electron chi connectivity index (χ2n) is 6.42. The first kappa shape index (κ1) is 14.4. The molecular weight excluding hydrogens is 290 g/mol. The minimum absolute atomic E-state index is 0.145. The SMILES string of the molecule is C[C@@H]1Cc2ccccc2N1C(=O)CN[C@@H]1CCc2ncnn2C1. The van der Waals surface area contributed by atoms with Crippen LogP contribution in [0.1, 0.15) is 24.7 Å². The maximum absolute atomic E-state index is 12.7. The van der Waals surface area contributed by atoms with E-state index in [9.17, 15) is 4.79 Å². The molecule has 0 aliphatic carbocycles. The summed E-state index contributed by atoms with van der Waals surface area (Å²) in [5, 5.41) is 7.62. The molecule has 0 bridgehead atoms. The highest BCUT2D eigenvalue weighted by atomic mass is 16.2. The molecular formula is C17H21N5O. The van der Waals surface area contributed by atoms with Crippen LogP contribution in [0.15, 0.2) is 30.6 Å². The molecule has 1 aromatic carbocycles. The molecule has 0 unspecified atom stereocenters. The molecule has 6 heteroatoms. The van der Waals surface area contributed by atoms with Gasteiger partial charge in [0.15, 0.2) is 0 Å². The highest BCUT2D eigenvalue weighted by Crippen LogP contribution is 2.31. The molecule has 6 nitrogen and oxygen atoms in total. The van der Waals surface area contributed by atoms with Crippen molar-refractivity contribution in [1.82, 2.24) is 20.1 Å². The van der Waals surface area contributed by atoms with Crippen molar-refractivity contribution in [3.63, 3.8) is 0 Å². The third kappa shape index (κ3) is 2.63. The van der Waals surface area contributed by atoms with Crippen LogP contribution in [-0.4, -0.2) is 39.3 Å². The van der Waals surface area contributed by atoms with Gasteiger partial charge in [0, 0.05) is 24.2 Å². The lowest BCUT2D eigenvalue weighted by atomic mass is 10.1. The Kier molecular flexibility index (Phi) is 3.61. The average Bonchev–Trinajstić information content (AvgIpc) is 3.15. The predicted molar refractivity (Wildman–Crippen MR) is 87.2 cm³/mol. The summed E-state index contributed by atoms with van der Waals surface area (Å²) in [5.74, 6) is 1.18. The van der Waals surface area contributed by atoms with Crippen LogP contribution < -0.4 is 10.2 Å². The Hall–Kier alpha value is -2.21. The van der Waals surface area contributed by atoms with E-state index in [0.29, 0.717) is 6.54 Å². The van der Waals surface area contributed by atoms with Crippen molar-refractivity contribution < 1.29 is 4.79 Å². The fourth-order valence-electron chi connectivity index (χ4n) is 3.67. The molecule has 2 aliphatic rings. The van der Waals surface area contributed by atoms with E-state index in [-0.39, 0.29) is 18.0 Å². The number of rotatable bonds is 3. The highest BCUT2D eigenvalue weighted by Gasteiger charge is 2.30. The molecule has 4 rings (SSSR count). The predicted octanol–water partition coefficient (Wildman–Crippen LogP) is 1.16. The lowest BCUT2D eigenvalue weighted by Gasteiger charge is -2.26. The number of aromatic nitrogens is 3. The smallest absolute Gasteiger partial charge is 0.241 e. The molecule has 0 saturated heterocycles. The maximum Gasteiger partial charge on any atom is 0.241 e. The number of para-hydroxylation sites is 1. The molecule has 0 saturated carbocycles. The van der Waals surface area contributed by atoms with E-state index in [4.69, 9.17) is 0 Å². The summed E-state index contributed by atoms with van der Waals surface area (Å²) in [4.78, 5) is 18.9. The molecule has 3 heterocycles. The Balaban J connectivity index is 1.39. The van der Waals surface area contributed by atoms with Crippen LogP contribution in [0.25, 0.3) is 0 Å². The summed E-state index contributed by atoms with van der Waals surface area (Å²) in [6, 6.07) is 8.70. The molecule has 2 aliphatic heterocycles. The third-order valence-corrected chi connectivity index (χ3v) is 4.82. The number of nitrogens with one attached hydrogen (secondary N) is 1. The van der Waals surface area contributed by atoms with E-state index >= 15 is 0 Å². The van der Waals surface area contributed by atoms with Gasteiger partial charge in [0.2, 0.25) is 5.91 Å². The Bertz CT molecular complexity index is 725. The summed E-state index contributed by atoms with van der Waals surface area (Å²) >= 11 is 0. The van der Waals surface area contributed by atoms with Crippen LogP contribution >= 0.6 is 0 Å². The van der Waals surface area contributed by atoms with E-state index in [2.05, 4.69) is 28.4 Å². The van der Waals surface area contributed by atoms with Crippen molar-refractivity contribution in [3.8, 4) is 0 Å². The summed E-state index contributed by atoms with van der Waals surface area (Å²) in [6.45, 7) is 3.27. The average molecular weight is 311 g/mol. The van der Waals surface area contributed by atoms with Crippen molar-refractivity contribution >= 4 is 11.6 Å². The fraction of sp³-hybridized carbons (Fsp3) is 0.471. The topological polar surface area (TPSA) is 63.1 Å². The number of anilines is 1. The Morgan fingerprint density at radius 1 is 1.39 bits per heavy atom. The summed E-state index contributed by atoms with van der Waals surface area (Å²) < 4.78 is 1.93.